The maximum absolute atomic E-state index is 11.3. The fourth-order valence-electron chi connectivity index (χ4n) is 1.51. The first-order valence-corrected chi connectivity index (χ1v) is 5.46. The Morgan fingerprint density at radius 1 is 1.69 bits per heavy atom. The second-order valence-electron chi connectivity index (χ2n) is 3.94. The third-order valence-corrected chi connectivity index (χ3v) is 2.56. The smallest absolute Gasteiger partial charge is 0.379 e. The number of esters is 1. The van der Waals surface area contributed by atoms with E-state index in [2.05, 4.69) is 10.1 Å². The lowest BCUT2D eigenvalue weighted by molar-refractivity contribution is 0.0508. The van der Waals surface area contributed by atoms with Crippen molar-refractivity contribution in [1.82, 2.24) is 10.1 Å². The SMILES string of the molecule is CCOC(=O)c1noc(CC(N)C2CC2)n1. The van der Waals surface area contributed by atoms with Gasteiger partial charge in [-0.15, -0.1) is 0 Å². The first kappa shape index (κ1) is 11.1. The van der Waals surface area contributed by atoms with Gasteiger partial charge in [0, 0.05) is 12.5 Å². The average molecular weight is 225 g/mol. The number of carbonyl (C=O) groups is 1. The molecule has 0 spiro atoms. The zero-order chi connectivity index (χ0) is 11.5. The minimum absolute atomic E-state index is 0.0279. The number of nitrogens with zero attached hydrogens (tertiary/aromatic N) is 2. The second kappa shape index (κ2) is 4.61. The zero-order valence-corrected chi connectivity index (χ0v) is 9.18. The first-order valence-electron chi connectivity index (χ1n) is 5.46. The van der Waals surface area contributed by atoms with Crippen LogP contribution in [0.3, 0.4) is 0 Å². The van der Waals surface area contributed by atoms with Gasteiger partial charge < -0.3 is 15.0 Å². The van der Waals surface area contributed by atoms with Gasteiger partial charge >= 0.3 is 5.97 Å². The topological polar surface area (TPSA) is 91.2 Å². The van der Waals surface area contributed by atoms with Crippen LogP contribution in [0.4, 0.5) is 0 Å². The quantitative estimate of drug-likeness (QED) is 0.735. The molecule has 1 atom stereocenters. The van der Waals surface area contributed by atoms with Gasteiger partial charge in [0.15, 0.2) is 0 Å². The summed E-state index contributed by atoms with van der Waals surface area (Å²) in [5.74, 6) is 0.387. The molecule has 1 aromatic rings. The van der Waals surface area contributed by atoms with Gasteiger partial charge in [-0.3, -0.25) is 0 Å². The molecule has 16 heavy (non-hydrogen) atoms. The molecular formula is C10H15N3O3. The van der Waals surface area contributed by atoms with Gasteiger partial charge in [0.2, 0.25) is 5.89 Å². The van der Waals surface area contributed by atoms with Gasteiger partial charge in [-0.05, 0) is 30.8 Å². The standard InChI is InChI=1S/C10H15N3O3/c1-2-15-10(14)9-12-8(16-13-9)5-7(11)6-3-4-6/h6-7H,2-5,11H2,1H3. The molecule has 1 aliphatic rings. The van der Waals surface area contributed by atoms with Crippen molar-refractivity contribution < 1.29 is 14.1 Å². The van der Waals surface area contributed by atoms with E-state index in [9.17, 15) is 4.79 Å². The highest BCUT2D eigenvalue weighted by molar-refractivity contribution is 5.84. The normalized spacial score (nSPS) is 17.1. The Labute approximate surface area is 93.1 Å². The van der Waals surface area contributed by atoms with E-state index in [1.165, 1.54) is 12.8 Å². The van der Waals surface area contributed by atoms with Gasteiger partial charge in [0.05, 0.1) is 6.61 Å². The number of aromatic nitrogens is 2. The minimum atomic E-state index is -0.558. The van der Waals surface area contributed by atoms with E-state index in [4.69, 9.17) is 15.0 Å². The van der Waals surface area contributed by atoms with Gasteiger partial charge in [-0.1, -0.05) is 0 Å². The number of hydrogen-bond donors (Lipinski definition) is 1. The predicted octanol–water partition coefficient (Wildman–Crippen LogP) is 0.526. The zero-order valence-electron chi connectivity index (χ0n) is 9.18. The molecule has 0 aromatic carbocycles. The molecule has 2 rings (SSSR count). The molecule has 88 valence electrons. The summed E-state index contributed by atoms with van der Waals surface area (Å²) < 4.78 is 9.69. The Kier molecular flexibility index (Phi) is 3.19. The van der Waals surface area contributed by atoms with Crippen LogP contribution in [0.5, 0.6) is 0 Å². The fourth-order valence-corrected chi connectivity index (χ4v) is 1.51. The molecule has 1 saturated carbocycles. The van der Waals surface area contributed by atoms with Crippen LogP contribution in [-0.2, 0) is 11.2 Å². The average Bonchev–Trinajstić information content (AvgIpc) is 3.00. The van der Waals surface area contributed by atoms with Crippen molar-refractivity contribution in [3.63, 3.8) is 0 Å². The highest BCUT2D eigenvalue weighted by Gasteiger charge is 2.30. The third kappa shape index (κ3) is 2.57. The Morgan fingerprint density at radius 3 is 3.06 bits per heavy atom. The van der Waals surface area contributed by atoms with Crippen molar-refractivity contribution in [2.24, 2.45) is 11.7 Å². The maximum atomic E-state index is 11.3. The van der Waals surface area contributed by atoms with Crippen LogP contribution in [0.25, 0.3) is 0 Å². The highest BCUT2D eigenvalue weighted by Crippen LogP contribution is 2.32. The summed E-state index contributed by atoms with van der Waals surface area (Å²) in [7, 11) is 0. The second-order valence-corrected chi connectivity index (χ2v) is 3.94. The van der Waals surface area contributed by atoms with Gasteiger partial charge in [0.1, 0.15) is 0 Å². The Hall–Kier alpha value is -1.43. The van der Waals surface area contributed by atoms with E-state index in [0.29, 0.717) is 24.8 Å². The van der Waals surface area contributed by atoms with E-state index < -0.39 is 5.97 Å². The molecule has 6 nitrogen and oxygen atoms in total. The maximum Gasteiger partial charge on any atom is 0.379 e. The predicted molar refractivity (Wildman–Crippen MR) is 54.7 cm³/mol. The molecule has 1 fully saturated rings. The van der Waals surface area contributed by atoms with Crippen molar-refractivity contribution in [2.75, 3.05) is 6.61 Å². The van der Waals surface area contributed by atoms with Crippen LogP contribution < -0.4 is 5.73 Å². The molecule has 1 aromatic heterocycles. The number of rotatable bonds is 5. The lowest BCUT2D eigenvalue weighted by Gasteiger charge is -2.04. The summed E-state index contributed by atoms with van der Waals surface area (Å²) in [6.07, 6.45) is 2.86. The fraction of sp³-hybridized carbons (Fsp3) is 0.700. The molecule has 0 saturated heterocycles. The van der Waals surface area contributed by atoms with Crippen molar-refractivity contribution in [1.29, 1.82) is 0 Å². The minimum Gasteiger partial charge on any atom is -0.460 e. The number of ether oxygens (including phenoxy) is 1. The monoisotopic (exact) mass is 225 g/mol. The molecule has 1 unspecified atom stereocenters. The molecule has 0 amide bonds. The molecule has 0 aliphatic heterocycles. The summed E-state index contributed by atoms with van der Waals surface area (Å²) in [4.78, 5) is 15.2. The lowest BCUT2D eigenvalue weighted by atomic mass is 10.1. The van der Waals surface area contributed by atoms with Crippen LogP contribution in [-0.4, -0.2) is 28.8 Å². The summed E-state index contributed by atoms with van der Waals surface area (Å²) in [5.41, 5.74) is 5.91. The van der Waals surface area contributed by atoms with Crippen LogP contribution in [0.1, 0.15) is 36.3 Å². The molecule has 0 radical (unpaired) electrons. The van der Waals surface area contributed by atoms with Gasteiger partial charge in [-0.2, -0.15) is 4.98 Å². The molecule has 6 heteroatoms. The molecule has 2 N–H and O–H groups in total. The van der Waals surface area contributed by atoms with E-state index in [0.717, 1.165) is 0 Å². The largest absolute Gasteiger partial charge is 0.460 e. The summed E-state index contributed by atoms with van der Waals surface area (Å²) in [6, 6.07) is 0.0514. The third-order valence-electron chi connectivity index (χ3n) is 2.56. The van der Waals surface area contributed by atoms with Crippen molar-refractivity contribution >= 4 is 5.97 Å². The van der Waals surface area contributed by atoms with Gasteiger partial charge in [-0.25, -0.2) is 4.79 Å². The Morgan fingerprint density at radius 2 is 2.44 bits per heavy atom. The lowest BCUT2D eigenvalue weighted by Crippen LogP contribution is -2.25. The number of hydrogen-bond acceptors (Lipinski definition) is 6. The van der Waals surface area contributed by atoms with E-state index >= 15 is 0 Å². The Bertz CT molecular complexity index is 373. The highest BCUT2D eigenvalue weighted by atomic mass is 16.5. The number of carbonyl (C=O) groups excluding carboxylic acids is 1. The van der Waals surface area contributed by atoms with E-state index in [1.54, 1.807) is 6.92 Å². The van der Waals surface area contributed by atoms with Crippen molar-refractivity contribution in [3.05, 3.63) is 11.7 Å². The van der Waals surface area contributed by atoms with Crippen LogP contribution >= 0.6 is 0 Å². The molecule has 0 bridgehead atoms. The Balaban J connectivity index is 1.93. The van der Waals surface area contributed by atoms with E-state index in [1.807, 2.05) is 0 Å². The summed E-state index contributed by atoms with van der Waals surface area (Å²) in [5, 5.41) is 3.55. The van der Waals surface area contributed by atoms with Gasteiger partial charge in [0.25, 0.3) is 5.82 Å². The number of nitrogens with two attached hydrogens (primary N) is 1. The summed E-state index contributed by atoms with van der Waals surface area (Å²) >= 11 is 0. The molecule has 1 heterocycles. The molecule has 1 aliphatic carbocycles. The van der Waals surface area contributed by atoms with Crippen LogP contribution in [0, 0.1) is 5.92 Å². The first-order chi connectivity index (χ1) is 7.70. The van der Waals surface area contributed by atoms with E-state index in [-0.39, 0.29) is 11.9 Å². The van der Waals surface area contributed by atoms with Crippen LogP contribution in [0.2, 0.25) is 0 Å². The van der Waals surface area contributed by atoms with Crippen molar-refractivity contribution in [2.45, 2.75) is 32.2 Å². The molecular weight excluding hydrogens is 210 g/mol. The van der Waals surface area contributed by atoms with Crippen molar-refractivity contribution in [3.8, 4) is 0 Å². The summed E-state index contributed by atoms with van der Waals surface area (Å²) in [6.45, 7) is 2.02. The van der Waals surface area contributed by atoms with Crippen LogP contribution in [0.15, 0.2) is 4.52 Å².